The lowest BCUT2D eigenvalue weighted by molar-refractivity contribution is 1.46. The molecule has 0 heteroatoms. The largest absolute Gasteiger partial charge is 0.0614 e. The molecule has 0 saturated heterocycles. The van der Waals surface area contributed by atoms with Gasteiger partial charge in [-0.2, -0.15) is 0 Å². The minimum atomic E-state index is 1.28. The zero-order chi connectivity index (χ0) is 20.2. The number of benzene rings is 6. The monoisotopic (exact) mass is 382 g/mol. The molecule has 0 spiro atoms. The zero-order valence-electron chi connectivity index (χ0n) is 17.2. The van der Waals surface area contributed by atoms with Gasteiger partial charge in [0.15, 0.2) is 0 Å². The molecule has 0 amide bonds. The highest BCUT2D eigenvalue weighted by molar-refractivity contribution is 6.27. The molecule has 0 saturated carbocycles. The standard InChI is InChI=1S/C30H22/c1-19-6-3-10-23(16-19)27-18-25-13-12-21-8-5-9-22-14-15-26(30(25)28(21)22)29(27)24-11-4-7-20(2)17-24/h3-18H,1-2H3. The van der Waals surface area contributed by atoms with Crippen molar-refractivity contribution in [1.29, 1.82) is 0 Å². The molecule has 0 fully saturated rings. The van der Waals surface area contributed by atoms with E-state index in [1.54, 1.807) is 0 Å². The topological polar surface area (TPSA) is 0 Å². The van der Waals surface area contributed by atoms with Crippen molar-refractivity contribution in [3.63, 3.8) is 0 Å². The molecule has 0 radical (unpaired) electrons. The van der Waals surface area contributed by atoms with Gasteiger partial charge < -0.3 is 0 Å². The normalized spacial score (nSPS) is 11.7. The van der Waals surface area contributed by atoms with E-state index in [0.717, 1.165) is 0 Å². The van der Waals surface area contributed by atoms with Crippen LogP contribution in [0.1, 0.15) is 11.1 Å². The molecule has 6 aromatic carbocycles. The van der Waals surface area contributed by atoms with Crippen molar-refractivity contribution in [2.45, 2.75) is 13.8 Å². The van der Waals surface area contributed by atoms with Gasteiger partial charge >= 0.3 is 0 Å². The lowest BCUT2D eigenvalue weighted by atomic mass is 9.84. The number of hydrogen-bond acceptors (Lipinski definition) is 0. The summed E-state index contributed by atoms with van der Waals surface area (Å²) >= 11 is 0. The molecule has 0 atom stereocenters. The molecule has 0 aromatic heterocycles. The highest BCUT2D eigenvalue weighted by Crippen LogP contribution is 2.44. The van der Waals surface area contributed by atoms with Crippen LogP contribution in [0, 0.1) is 13.8 Å². The van der Waals surface area contributed by atoms with E-state index in [1.807, 2.05) is 0 Å². The molecule has 142 valence electrons. The molecule has 0 unspecified atom stereocenters. The van der Waals surface area contributed by atoms with Crippen LogP contribution in [0.25, 0.3) is 54.6 Å². The minimum absolute atomic E-state index is 1.28. The maximum atomic E-state index is 2.39. The Kier molecular flexibility index (Phi) is 3.70. The first-order chi connectivity index (χ1) is 14.7. The summed E-state index contributed by atoms with van der Waals surface area (Å²) in [6, 6.07) is 35.9. The molecule has 0 aliphatic carbocycles. The third kappa shape index (κ3) is 2.54. The van der Waals surface area contributed by atoms with E-state index in [0.29, 0.717) is 0 Å². The van der Waals surface area contributed by atoms with Gasteiger partial charge in [-0.15, -0.1) is 0 Å². The van der Waals surface area contributed by atoms with E-state index in [4.69, 9.17) is 0 Å². The van der Waals surface area contributed by atoms with E-state index in [-0.39, 0.29) is 0 Å². The Morgan fingerprint density at radius 3 is 1.80 bits per heavy atom. The van der Waals surface area contributed by atoms with E-state index in [1.165, 1.54) is 65.7 Å². The SMILES string of the molecule is Cc1cccc(-c2cc3ccc4cccc5ccc(c2-c2cccc(C)c2)c3c45)c1. The first-order valence-corrected chi connectivity index (χ1v) is 10.5. The summed E-state index contributed by atoms with van der Waals surface area (Å²) in [4.78, 5) is 0. The van der Waals surface area contributed by atoms with E-state index >= 15 is 0 Å². The van der Waals surface area contributed by atoms with Crippen molar-refractivity contribution in [2.75, 3.05) is 0 Å². The molecule has 0 aliphatic heterocycles. The third-order valence-corrected chi connectivity index (χ3v) is 6.28. The molecule has 0 N–H and O–H groups in total. The van der Waals surface area contributed by atoms with Gasteiger partial charge in [0.1, 0.15) is 0 Å². The quantitative estimate of drug-likeness (QED) is 0.263. The van der Waals surface area contributed by atoms with Crippen LogP contribution >= 0.6 is 0 Å². The zero-order valence-corrected chi connectivity index (χ0v) is 17.2. The summed E-state index contributed by atoms with van der Waals surface area (Å²) in [6.07, 6.45) is 0. The molecule has 6 aromatic rings. The maximum Gasteiger partial charge on any atom is -0.00201 e. The number of aryl methyl sites for hydroxylation is 2. The van der Waals surface area contributed by atoms with Gasteiger partial charge in [-0.05, 0) is 74.5 Å². The number of rotatable bonds is 2. The Bertz CT molecular complexity index is 1540. The van der Waals surface area contributed by atoms with Crippen LogP contribution in [0.4, 0.5) is 0 Å². The van der Waals surface area contributed by atoms with Crippen molar-refractivity contribution < 1.29 is 0 Å². The first-order valence-electron chi connectivity index (χ1n) is 10.5. The van der Waals surface area contributed by atoms with E-state index in [9.17, 15) is 0 Å². The number of hydrogen-bond donors (Lipinski definition) is 0. The minimum Gasteiger partial charge on any atom is -0.0614 e. The smallest absolute Gasteiger partial charge is 0.00201 e. The maximum absolute atomic E-state index is 2.39. The molecule has 0 nitrogen and oxygen atoms in total. The van der Waals surface area contributed by atoms with Gasteiger partial charge in [0, 0.05) is 0 Å². The van der Waals surface area contributed by atoms with Crippen LogP contribution in [-0.2, 0) is 0 Å². The van der Waals surface area contributed by atoms with Crippen LogP contribution in [-0.4, -0.2) is 0 Å². The summed E-state index contributed by atoms with van der Waals surface area (Å²) in [5.74, 6) is 0. The average molecular weight is 383 g/mol. The van der Waals surface area contributed by atoms with Crippen molar-refractivity contribution in [2.24, 2.45) is 0 Å². The van der Waals surface area contributed by atoms with Crippen molar-refractivity contribution in [3.05, 3.63) is 108 Å². The predicted octanol–water partition coefficient (Wildman–Crippen LogP) is 8.53. The van der Waals surface area contributed by atoms with Crippen LogP contribution in [0.15, 0.2) is 97.1 Å². The molecule has 0 bridgehead atoms. The van der Waals surface area contributed by atoms with E-state index in [2.05, 4.69) is 111 Å². The summed E-state index contributed by atoms with van der Waals surface area (Å²) in [7, 11) is 0. The Labute approximate surface area is 176 Å². The Balaban J connectivity index is 1.84. The van der Waals surface area contributed by atoms with Gasteiger partial charge in [-0.1, -0.05) is 102 Å². The molecular formula is C30H22. The molecule has 30 heavy (non-hydrogen) atoms. The van der Waals surface area contributed by atoms with Crippen molar-refractivity contribution in [3.8, 4) is 22.3 Å². The summed E-state index contributed by atoms with van der Waals surface area (Å²) < 4.78 is 0. The predicted molar refractivity (Wildman–Crippen MR) is 130 cm³/mol. The highest BCUT2D eigenvalue weighted by Gasteiger charge is 2.17. The lowest BCUT2D eigenvalue weighted by Crippen LogP contribution is -1.92. The fourth-order valence-electron chi connectivity index (χ4n) is 4.96. The third-order valence-electron chi connectivity index (χ3n) is 6.28. The van der Waals surface area contributed by atoms with Crippen LogP contribution in [0.2, 0.25) is 0 Å². The van der Waals surface area contributed by atoms with Crippen molar-refractivity contribution in [1.82, 2.24) is 0 Å². The van der Waals surface area contributed by atoms with Crippen LogP contribution in [0.5, 0.6) is 0 Å². The van der Waals surface area contributed by atoms with E-state index < -0.39 is 0 Å². The van der Waals surface area contributed by atoms with Gasteiger partial charge in [0.2, 0.25) is 0 Å². The second kappa shape index (κ2) is 6.43. The van der Waals surface area contributed by atoms with Gasteiger partial charge in [-0.3, -0.25) is 0 Å². The summed E-state index contributed by atoms with van der Waals surface area (Å²) in [5.41, 5.74) is 7.76. The fraction of sp³-hybridized carbons (Fsp3) is 0.0667. The summed E-state index contributed by atoms with van der Waals surface area (Å²) in [5, 5.41) is 8.00. The highest BCUT2D eigenvalue weighted by atomic mass is 14.2. The Hall–Kier alpha value is -3.64. The second-order valence-electron chi connectivity index (χ2n) is 8.39. The molecule has 6 rings (SSSR count). The van der Waals surface area contributed by atoms with Crippen LogP contribution in [0.3, 0.4) is 0 Å². The van der Waals surface area contributed by atoms with Gasteiger partial charge in [0.05, 0.1) is 0 Å². The van der Waals surface area contributed by atoms with Gasteiger partial charge in [-0.25, -0.2) is 0 Å². The fourth-order valence-corrected chi connectivity index (χ4v) is 4.96. The van der Waals surface area contributed by atoms with Crippen LogP contribution < -0.4 is 0 Å². The summed E-state index contributed by atoms with van der Waals surface area (Å²) in [6.45, 7) is 4.34. The molecule has 0 aliphatic rings. The Morgan fingerprint density at radius 1 is 0.467 bits per heavy atom. The lowest BCUT2D eigenvalue weighted by Gasteiger charge is -2.19. The average Bonchev–Trinajstić information content (AvgIpc) is 2.77. The van der Waals surface area contributed by atoms with Gasteiger partial charge in [0.25, 0.3) is 0 Å². The second-order valence-corrected chi connectivity index (χ2v) is 8.39. The van der Waals surface area contributed by atoms with Crippen molar-refractivity contribution >= 4 is 32.3 Å². The first kappa shape index (κ1) is 17.2. The Morgan fingerprint density at radius 2 is 1.07 bits per heavy atom. The molecular weight excluding hydrogens is 360 g/mol. The molecule has 0 heterocycles.